The van der Waals surface area contributed by atoms with E-state index >= 15 is 0 Å². The molecule has 3 heterocycles. The van der Waals surface area contributed by atoms with E-state index in [-0.39, 0.29) is 24.2 Å². The van der Waals surface area contributed by atoms with Gasteiger partial charge in [0.25, 0.3) is 0 Å². The highest BCUT2D eigenvalue weighted by atomic mass is 35.5. The van der Waals surface area contributed by atoms with E-state index in [0.717, 1.165) is 11.3 Å². The Hall–Kier alpha value is -3.19. The number of amides is 2. The number of halogens is 1. The Balaban J connectivity index is 1.34. The summed E-state index contributed by atoms with van der Waals surface area (Å²) >= 11 is 5.89. The number of rotatable bonds is 5. The minimum Gasteiger partial charge on any atom is -0.352 e. The van der Waals surface area contributed by atoms with Crippen molar-refractivity contribution in [2.24, 2.45) is 5.92 Å². The fraction of sp³-hybridized carbons (Fsp3) is 0.200. The molecular weight excluding hydrogens is 378 g/mol. The minimum absolute atomic E-state index is 0.0623. The predicted molar refractivity (Wildman–Crippen MR) is 105 cm³/mol. The van der Waals surface area contributed by atoms with Gasteiger partial charge in [0.05, 0.1) is 5.92 Å². The molecule has 1 unspecified atom stereocenters. The van der Waals surface area contributed by atoms with Crippen LogP contribution in [0.4, 0.5) is 5.69 Å². The number of nitrogens with zero attached hydrogens (tertiary/aromatic N) is 4. The molecule has 0 bridgehead atoms. The molecule has 0 aliphatic carbocycles. The van der Waals surface area contributed by atoms with E-state index in [1.807, 2.05) is 24.4 Å². The standard InChI is InChI=1S/C20H18ClN5O2/c21-16-3-5-17(6-4-16)25-13-15(10-19(25)27)20(28)23-12-14-2-7-18(22-11-14)26-9-1-8-24-26/h1-9,11,15H,10,12-13H2,(H,23,28). The molecule has 1 aliphatic rings. The number of nitrogens with one attached hydrogen (secondary N) is 1. The van der Waals surface area contributed by atoms with Crippen molar-refractivity contribution in [3.8, 4) is 5.82 Å². The molecule has 1 saturated heterocycles. The molecule has 8 heteroatoms. The van der Waals surface area contributed by atoms with Crippen molar-refractivity contribution in [3.63, 3.8) is 0 Å². The van der Waals surface area contributed by atoms with E-state index in [1.165, 1.54) is 0 Å². The molecule has 2 aromatic heterocycles. The second-order valence-corrected chi connectivity index (χ2v) is 7.01. The maximum absolute atomic E-state index is 12.5. The summed E-state index contributed by atoms with van der Waals surface area (Å²) in [5.41, 5.74) is 1.63. The molecular formula is C20H18ClN5O2. The molecule has 0 saturated carbocycles. The largest absolute Gasteiger partial charge is 0.352 e. The molecule has 1 aromatic carbocycles. The van der Waals surface area contributed by atoms with Crippen LogP contribution < -0.4 is 10.2 Å². The van der Waals surface area contributed by atoms with Gasteiger partial charge >= 0.3 is 0 Å². The molecule has 1 atom stereocenters. The Labute approximate surface area is 166 Å². The molecule has 2 amide bonds. The first-order valence-corrected chi connectivity index (χ1v) is 9.26. The molecule has 1 fully saturated rings. The molecule has 7 nitrogen and oxygen atoms in total. The molecule has 4 rings (SSSR count). The Morgan fingerprint density at radius 3 is 2.71 bits per heavy atom. The van der Waals surface area contributed by atoms with Gasteiger partial charge in [0.15, 0.2) is 5.82 Å². The van der Waals surface area contributed by atoms with Crippen molar-refractivity contribution in [1.29, 1.82) is 0 Å². The van der Waals surface area contributed by atoms with Gasteiger partial charge in [0.1, 0.15) is 0 Å². The number of pyridine rings is 1. The number of carbonyl (C=O) groups is 2. The number of hydrogen-bond acceptors (Lipinski definition) is 4. The van der Waals surface area contributed by atoms with Crippen LogP contribution in [-0.4, -0.2) is 33.1 Å². The summed E-state index contributed by atoms with van der Waals surface area (Å²) in [7, 11) is 0. The highest BCUT2D eigenvalue weighted by molar-refractivity contribution is 6.30. The van der Waals surface area contributed by atoms with Gasteiger partial charge in [0, 0.05) is 48.8 Å². The van der Waals surface area contributed by atoms with Crippen LogP contribution in [0.5, 0.6) is 0 Å². The van der Waals surface area contributed by atoms with Gasteiger partial charge in [-0.05, 0) is 42.0 Å². The van der Waals surface area contributed by atoms with Gasteiger partial charge in [-0.25, -0.2) is 9.67 Å². The lowest BCUT2D eigenvalue weighted by molar-refractivity contribution is -0.126. The Morgan fingerprint density at radius 1 is 1.21 bits per heavy atom. The lowest BCUT2D eigenvalue weighted by atomic mass is 10.1. The number of anilines is 1. The molecule has 1 N–H and O–H groups in total. The first kappa shape index (κ1) is 18.2. The highest BCUT2D eigenvalue weighted by Crippen LogP contribution is 2.26. The van der Waals surface area contributed by atoms with Crippen molar-refractivity contribution >= 4 is 29.1 Å². The van der Waals surface area contributed by atoms with Gasteiger partial charge < -0.3 is 10.2 Å². The second-order valence-electron chi connectivity index (χ2n) is 6.57. The number of benzene rings is 1. The number of carbonyl (C=O) groups excluding carboxylic acids is 2. The summed E-state index contributed by atoms with van der Waals surface area (Å²) in [4.78, 5) is 30.8. The monoisotopic (exact) mass is 395 g/mol. The van der Waals surface area contributed by atoms with E-state index in [4.69, 9.17) is 11.6 Å². The maximum atomic E-state index is 12.5. The smallest absolute Gasteiger partial charge is 0.227 e. The van der Waals surface area contributed by atoms with Crippen LogP contribution in [0.15, 0.2) is 61.1 Å². The van der Waals surface area contributed by atoms with Crippen molar-refractivity contribution < 1.29 is 9.59 Å². The first-order valence-electron chi connectivity index (χ1n) is 8.89. The zero-order valence-electron chi connectivity index (χ0n) is 15.0. The molecule has 28 heavy (non-hydrogen) atoms. The summed E-state index contributed by atoms with van der Waals surface area (Å²) in [6.07, 6.45) is 5.40. The lowest BCUT2D eigenvalue weighted by Crippen LogP contribution is -2.32. The Bertz CT molecular complexity index is 971. The van der Waals surface area contributed by atoms with Gasteiger partial charge in [0.2, 0.25) is 11.8 Å². The molecule has 0 radical (unpaired) electrons. The first-order chi connectivity index (χ1) is 13.6. The molecule has 142 valence electrons. The molecule has 3 aromatic rings. The normalized spacial score (nSPS) is 16.4. The van der Waals surface area contributed by atoms with Crippen LogP contribution in [0.25, 0.3) is 5.82 Å². The third kappa shape index (κ3) is 3.89. The fourth-order valence-corrected chi connectivity index (χ4v) is 3.27. The topological polar surface area (TPSA) is 80.1 Å². The molecule has 0 spiro atoms. The summed E-state index contributed by atoms with van der Waals surface area (Å²) < 4.78 is 1.66. The van der Waals surface area contributed by atoms with Crippen molar-refractivity contribution in [3.05, 3.63) is 71.6 Å². The fourth-order valence-electron chi connectivity index (χ4n) is 3.15. The Morgan fingerprint density at radius 2 is 2.04 bits per heavy atom. The average Bonchev–Trinajstić information content (AvgIpc) is 3.37. The van der Waals surface area contributed by atoms with Crippen LogP contribution >= 0.6 is 11.6 Å². The van der Waals surface area contributed by atoms with Crippen molar-refractivity contribution in [2.45, 2.75) is 13.0 Å². The SMILES string of the molecule is O=C(NCc1ccc(-n2cccn2)nc1)C1CC(=O)N(c2ccc(Cl)cc2)C1. The van der Waals surface area contributed by atoms with Crippen LogP contribution in [0.3, 0.4) is 0 Å². The van der Waals surface area contributed by atoms with Crippen LogP contribution in [0.1, 0.15) is 12.0 Å². The third-order valence-electron chi connectivity index (χ3n) is 4.65. The van der Waals surface area contributed by atoms with Gasteiger partial charge in [-0.1, -0.05) is 17.7 Å². The zero-order valence-corrected chi connectivity index (χ0v) is 15.7. The van der Waals surface area contributed by atoms with E-state index in [2.05, 4.69) is 15.4 Å². The second kappa shape index (κ2) is 7.82. The van der Waals surface area contributed by atoms with Crippen LogP contribution in [-0.2, 0) is 16.1 Å². The van der Waals surface area contributed by atoms with E-state index in [9.17, 15) is 9.59 Å². The summed E-state index contributed by atoms with van der Waals surface area (Å²) in [5, 5.41) is 7.63. The quantitative estimate of drug-likeness (QED) is 0.720. The summed E-state index contributed by atoms with van der Waals surface area (Å²) in [6, 6.07) is 12.6. The van der Waals surface area contributed by atoms with Crippen molar-refractivity contribution in [1.82, 2.24) is 20.1 Å². The lowest BCUT2D eigenvalue weighted by Gasteiger charge is -2.16. The predicted octanol–water partition coefficient (Wildman–Crippen LogP) is 2.59. The minimum atomic E-state index is -0.375. The van der Waals surface area contributed by atoms with Gasteiger partial charge in [-0.15, -0.1) is 0 Å². The summed E-state index contributed by atoms with van der Waals surface area (Å²) in [6.45, 7) is 0.722. The van der Waals surface area contributed by atoms with E-state index in [0.29, 0.717) is 23.9 Å². The number of hydrogen-bond donors (Lipinski definition) is 1. The molecule has 1 aliphatic heterocycles. The van der Waals surface area contributed by atoms with Gasteiger partial charge in [-0.3, -0.25) is 9.59 Å². The van der Waals surface area contributed by atoms with Crippen molar-refractivity contribution in [2.75, 3.05) is 11.4 Å². The van der Waals surface area contributed by atoms with Crippen LogP contribution in [0, 0.1) is 5.92 Å². The zero-order chi connectivity index (χ0) is 19.5. The van der Waals surface area contributed by atoms with E-state index in [1.54, 1.807) is 46.2 Å². The van der Waals surface area contributed by atoms with E-state index < -0.39 is 0 Å². The van der Waals surface area contributed by atoms with Gasteiger partial charge in [-0.2, -0.15) is 5.10 Å². The summed E-state index contributed by atoms with van der Waals surface area (Å²) in [5.74, 6) is 0.133. The average molecular weight is 396 g/mol. The highest BCUT2D eigenvalue weighted by Gasteiger charge is 2.34. The maximum Gasteiger partial charge on any atom is 0.227 e. The third-order valence-corrected chi connectivity index (χ3v) is 4.90. The van der Waals surface area contributed by atoms with Crippen LogP contribution in [0.2, 0.25) is 5.02 Å². The Kier molecular flexibility index (Phi) is 5.08. The number of aromatic nitrogens is 3.